The van der Waals surface area contributed by atoms with Crippen LogP contribution in [-0.4, -0.2) is 35.4 Å². The van der Waals surface area contributed by atoms with Crippen molar-refractivity contribution in [1.29, 1.82) is 0 Å². The molecule has 2 saturated heterocycles. The first-order valence-corrected chi connectivity index (χ1v) is 13.4. The molecule has 7 rings (SSSR count). The van der Waals surface area contributed by atoms with E-state index in [2.05, 4.69) is 15.6 Å². The fourth-order valence-corrected chi connectivity index (χ4v) is 7.72. The van der Waals surface area contributed by atoms with Gasteiger partial charge in [-0.3, -0.25) is 4.79 Å². The molecule has 4 aromatic rings. The number of hydrogen-bond acceptors (Lipinski definition) is 5. The van der Waals surface area contributed by atoms with Crippen LogP contribution in [-0.2, 0) is 20.2 Å². The van der Waals surface area contributed by atoms with E-state index in [9.17, 15) is 13.2 Å². The molecule has 2 N–H and O–H groups in total. The van der Waals surface area contributed by atoms with Crippen molar-refractivity contribution in [2.45, 2.75) is 48.1 Å². The average molecular weight is 521 g/mol. The van der Waals surface area contributed by atoms with Crippen molar-refractivity contribution in [3.63, 3.8) is 0 Å². The Kier molecular flexibility index (Phi) is 5.26. The molecular weight excluding hydrogens is 496 g/mol. The molecule has 0 aliphatic carbocycles. The molecule has 0 saturated carbocycles. The predicted octanol–water partition coefficient (Wildman–Crippen LogP) is 4.47. The highest BCUT2D eigenvalue weighted by atomic mass is 35.5. The topological polar surface area (TPSA) is 93.1 Å². The van der Waals surface area contributed by atoms with Crippen molar-refractivity contribution in [1.82, 2.24) is 14.3 Å². The third-order valence-electron chi connectivity index (χ3n) is 7.85. The number of aromatic nitrogens is 2. The summed E-state index contributed by atoms with van der Waals surface area (Å²) < 4.78 is 28.8. The second-order valence-electron chi connectivity index (χ2n) is 9.85. The number of piperidine rings is 1. The van der Waals surface area contributed by atoms with Crippen LogP contribution in [0.1, 0.15) is 31.2 Å². The minimum absolute atomic E-state index is 0. The number of halogens is 1. The summed E-state index contributed by atoms with van der Waals surface area (Å²) in [5.74, 6) is -0.00196. The molecule has 2 fully saturated rings. The molecule has 2 atom stereocenters. The lowest BCUT2D eigenvalue weighted by Crippen LogP contribution is -2.50. The Morgan fingerprint density at radius 2 is 1.58 bits per heavy atom. The van der Waals surface area contributed by atoms with Gasteiger partial charge < -0.3 is 10.6 Å². The molecule has 2 aromatic heterocycles. The highest BCUT2D eigenvalue weighted by Gasteiger charge is 2.55. The molecular formula is C27H25ClN4O3S. The van der Waals surface area contributed by atoms with E-state index < -0.39 is 15.4 Å². The molecule has 36 heavy (non-hydrogen) atoms. The van der Waals surface area contributed by atoms with Gasteiger partial charge in [0, 0.05) is 34.8 Å². The van der Waals surface area contributed by atoms with Crippen molar-refractivity contribution in [3.05, 3.63) is 78.6 Å². The normalized spacial score (nSPS) is 24.5. The van der Waals surface area contributed by atoms with Gasteiger partial charge in [-0.15, -0.1) is 12.4 Å². The van der Waals surface area contributed by atoms with Crippen LogP contribution in [0.2, 0.25) is 0 Å². The summed E-state index contributed by atoms with van der Waals surface area (Å²) in [6.07, 6.45) is 6.80. The largest absolute Gasteiger partial charge is 0.324 e. The van der Waals surface area contributed by atoms with Crippen LogP contribution < -0.4 is 10.6 Å². The Balaban J connectivity index is 0.00000240. The molecule has 1 spiro atoms. The minimum Gasteiger partial charge on any atom is -0.324 e. The molecule has 7 nitrogen and oxygen atoms in total. The Labute approximate surface area is 215 Å². The SMILES string of the molecule is Cl.O=C1Nc2cnc3c(c(-c4ccccc4)cn3S(=O)(=O)c3ccccc3)c2C12CC1CCC(C2)N1. The molecule has 9 heteroatoms. The van der Waals surface area contributed by atoms with E-state index >= 15 is 0 Å². The van der Waals surface area contributed by atoms with Gasteiger partial charge in [-0.1, -0.05) is 48.5 Å². The quantitative estimate of drug-likeness (QED) is 0.416. The van der Waals surface area contributed by atoms with Crippen molar-refractivity contribution >= 4 is 45.1 Å². The van der Waals surface area contributed by atoms with E-state index in [1.807, 2.05) is 30.3 Å². The second kappa shape index (κ2) is 8.16. The summed E-state index contributed by atoms with van der Waals surface area (Å²) in [4.78, 5) is 18.4. The number of amides is 1. The maximum absolute atomic E-state index is 13.8. The molecule has 1 amide bonds. The summed E-state index contributed by atoms with van der Waals surface area (Å²) in [6, 6.07) is 18.7. The molecule has 2 aromatic carbocycles. The van der Waals surface area contributed by atoms with E-state index in [0.29, 0.717) is 24.2 Å². The Bertz CT molecular complexity index is 1590. The highest BCUT2D eigenvalue weighted by molar-refractivity contribution is 7.90. The Hall–Kier alpha value is -3.20. The van der Waals surface area contributed by atoms with Crippen LogP contribution in [0.5, 0.6) is 0 Å². The van der Waals surface area contributed by atoms with Gasteiger partial charge in [0.2, 0.25) is 5.91 Å². The number of fused-ring (bicyclic) bond motifs is 6. The number of rotatable bonds is 3. The molecule has 5 heterocycles. The summed E-state index contributed by atoms with van der Waals surface area (Å²) in [5.41, 5.74) is 2.91. The zero-order chi connectivity index (χ0) is 23.8. The molecule has 2 bridgehead atoms. The van der Waals surface area contributed by atoms with E-state index in [-0.39, 0.29) is 35.3 Å². The molecule has 184 valence electrons. The summed E-state index contributed by atoms with van der Waals surface area (Å²) in [6.45, 7) is 0. The number of nitrogens with one attached hydrogen (secondary N) is 2. The van der Waals surface area contributed by atoms with Crippen LogP contribution >= 0.6 is 12.4 Å². The van der Waals surface area contributed by atoms with Crippen molar-refractivity contribution < 1.29 is 13.2 Å². The summed E-state index contributed by atoms with van der Waals surface area (Å²) in [7, 11) is -3.90. The fraction of sp³-hybridized carbons (Fsp3) is 0.259. The second-order valence-corrected chi connectivity index (χ2v) is 11.7. The van der Waals surface area contributed by atoms with Crippen molar-refractivity contribution in [2.24, 2.45) is 0 Å². The highest BCUT2D eigenvalue weighted by Crippen LogP contribution is 2.53. The predicted molar refractivity (Wildman–Crippen MR) is 141 cm³/mol. The van der Waals surface area contributed by atoms with Gasteiger partial charge in [0.25, 0.3) is 10.0 Å². The van der Waals surface area contributed by atoms with E-state index in [4.69, 9.17) is 0 Å². The van der Waals surface area contributed by atoms with Crippen LogP contribution in [0.25, 0.3) is 22.2 Å². The smallest absolute Gasteiger partial charge is 0.269 e. The van der Waals surface area contributed by atoms with Gasteiger partial charge in [0.15, 0.2) is 5.65 Å². The van der Waals surface area contributed by atoms with E-state index in [1.165, 1.54) is 3.97 Å². The third-order valence-corrected chi connectivity index (χ3v) is 9.52. The van der Waals surface area contributed by atoms with E-state index in [1.54, 1.807) is 42.7 Å². The number of nitrogens with zero attached hydrogens (tertiary/aromatic N) is 2. The van der Waals surface area contributed by atoms with Gasteiger partial charge in [-0.2, -0.15) is 0 Å². The first kappa shape index (κ1) is 23.2. The molecule has 2 unspecified atom stereocenters. The van der Waals surface area contributed by atoms with Crippen LogP contribution in [0.3, 0.4) is 0 Å². The molecule has 3 aliphatic rings. The monoisotopic (exact) mass is 520 g/mol. The zero-order valence-corrected chi connectivity index (χ0v) is 21.0. The first-order chi connectivity index (χ1) is 17.0. The third kappa shape index (κ3) is 3.18. The lowest BCUT2D eigenvalue weighted by molar-refractivity contribution is -0.122. The minimum atomic E-state index is -3.90. The Morgan fingerprint density at radius 3 is 2.25 bits per heavy atom. The van der Waals surface area contributed by atoms with Gasteiger partial charge in [-0.05, 0) is 43.4 Å². The maximum atomic E-state index is 13.8. The van der Waals surface area contributed by atoms with Crippen LogP contribution in [0.4, 0.5) is 5.69 Å². The lowest BCUT2D eigenvalue weighted by Gasteiger charge is -2.37. The average Bonchev–Trinajstić information content (AvgIpc) is 3.52. The fourth-order valence-electron chi connectivity index (χ4n) is 6.38. The van der Waals surface area contributed by atoms with Gasteiger partial charge >= 0.3 is 0 Å². The number of anilines is 1. The van der Waals surface area contributed by atoms with Gasteiger partial charge in [0.05, 0.1) is 22.2 Å². The van der Waals surface area contributed by atoms with Gasteiger partial charge in [0.1, 0.15) is 0 Å². The standard InChI is InChI=1S/C27H24N4O3S.ClH/c32-26-27(13-18-11-12-19(14-27)29-18)24-22(30-26)15-28-25-23(24)21(17-7-3-1-4-8-17)16-31(25)35(33,34)20-9-5-2-6-10-20;/h1-10,15-16,18-19,29H,11-14H2,(H,30,32);1H. The van der Waals surface area contributed by atoms with Crippen molar-refractivity contribution in [3.8, 4) is 11.1 Å². The zero-order valence-electron chi connectivity index (χ0n) is 19.3. The first-order valence-electron chi connectivity index (χ1n) is 12.0. The number of pyridine rings is 1. The maximum Gasteiger partial charge on any atom is 0.269 e. The molecule has 0 radical (unpaired) electrons. The summed E-state index contributed by atoms with van der Waals surface area (Å²) in [5, 5.41) is 7.47. The lowest BCUT2D eigenvalue weighted by atomic mass is 9.70. The van der Waals surface area contributed by atoms with Crippen molar-refractivity contribution in [2.75, 3.05) is 5.32 Å². The van der Waals surface area contributed by atoms with Crippen LogP contribution in [0, 0.1) is 0 Å². The summed E-state index contributed by atoms with van der Waals surface area (Å²) >= 11 is 0. The number of carbonyl (C=O) groups excluding carboxylic acids is 1. The van der Waals surface area contributed by atoms with E-state index in [0.717, 1.165) is 34.9 Å². The number of hydrogen-bond donors (Lipinski definition) is 2. The Morgan fingerprint density at radius 1 is 0.944 bits per heavy atom. The molecule has 3 aliphatic heterocycles. The number of carbonyl (C=O) groups is 1. The number of benzene rings is 2. The van der Waals surface area contributed by atoms with Gasteiger partial charge in [-0.25, -0.2) is 17.4 Å². The van der Waals surface area contributed by atoms with Crippen LogP contribution in [0.15, 0.2) is 78.0 Å².